The lowest BCUT2D eigenvalue weighted by atomic mass is 10.1. The third-order valence-corrected chi connectivity index (χ3v) is 3.53. The van der Waals surface area contributed by atoms with E-state index in [4.69, 9.17) is 10.5 Å². The Hall–Kier alpha value is -2.83. The lowest BCUT2D eigenvalue weighted by Crippen LogP contribution is -2.30. The van der Waals surface area contributed by atoms with E-state index >= 15 is 0 Å². The first-order valence-electron chi connectivity index (χ1n) is 7.80. The highest BCUT2D eigenvalue weighted by Gasteiger charge is 2.18. The zero-order valence-corrected chi connectivity index (χ0v) is 13.9. The number of hydrogen-bond acceptors (Lipinski definition) is 4. The molecule has 0 saturated carbocycles. The zero-order valence-electron chi connectivity index (χ0n) is 13.9. The summed E-state index contributed by atoms with van der Waals surface area (Å²) < 4.78 is 7.13. The van der Waals surface area contributed by atoms with Gasteiger partial charge in [0.15, 0.2) is 6.61 Å². The van der Waals surface area contributed by atoms with Crippen molar-refractivity contribution in [3.8, 4) is 5.75 Å². The fraction of sp³-hybridized carbons (Fsp3) is 0.353. The minimum Gasteiger partial charge on any atom is -0.484 e. The van der Waals surface area contributed by atoms with E-state index in [2.05, 4.69) is 17.2 Å². The number of aryl methyl sites for hydroxylation is 1. The number of benzene rings is 1. The Morgan fingerprint density at radius 1 is 1.42 bits per heavy atom. The predicted octanol–water partition coefficient (Wildman–Crippen LogP) is 1.56. The second kappa shape index (κ2) is 8.14. The Balaban J connectivity index is 2.11. The van der Waals surface area contributed by atoms with E-state index in [0.29, 0.717) is 11.3 Å². The Labute approximate surface area is 140 Å². The van der Waals surface area contributed by atoms with Crippen molar-refractivity contribution in [2.45, 2.75) is 25.8 Å². The molecule has 1 atom stereocenters. The molecule has 1 aromatic carbocycles. The number of carbonyl (C=O) groups is 2. The lowest BCUT2D eigenvalue weighted by molar-refractivity contribution is -0.119. The fourth-order valence-corrected chi connectivity index (χ4v) is 2.39. The fourth-order valence-electron chi connectivity index (χ4n) is 2.39. The Morgan fingerprint density at radius 3 is 2.83 bits per heavy atom. The Bertz CT molecular complexity index is 711. The smallest absolute Gasteiger partial charge is 0.255 e. The van der Waals surface area contributed by atoms with Crippen LogP contribution in [0, 0.1) is 0 Å². The number of carbonyl (C=O) groups excluding carboxylic acids is 2. The van der Waals surface area contributed by atoms with Gasteiger partial charge in [-0.15, -0.1) is 0 Å². The van der Waals surface area contributed by atoms with Gasteiger partial charge in [-0.05, 0) is 24.6 Å². The predicted molar refractivity (Wildman–Crippen MR) is 89.5 cm³/mol. The van der Waals surface area contributed by atoms with Gasteiger partial charge < -0.3 is 20.4 Å². The molecular formula is C17H22N4O3. The summed E-state index contributed by atoms with van der Waals surface area (Å²) in [4.78, 5) is 27.6. The third kappa shape index (κ3) is 4.58. The largest absolute Gasteiger partial charge is 0.484 e. The molecule has 7 nitrogen and oxygen atoms in total. The van der Waals surface area contributed by atoms with Gasteiger partial charge in [-0.3, -0.25) is 9.59 Å². The molecule has 2 aromatic rings. The summed E-state index contributed by atoms with van der Waals surface area (Å²) in [5, 5.41) is 3.00. The average molecular weight is 330 g/mol. The molecule has 0 bridgehead atoms. The standard InChI is InChI=1S/C17H22N4O3/c1-3-5-14(16-19-8-9-21(16)2)20-17(23)12-6-4-7-13(10-12)24-11-15(18)22/h4,6-10,14H,3,5,11H2,1-2H3,(H2,18,22)(H,20,23)/t14-/m1/s1. The number of ether oxygens (including phenoxy) is 1. The van der Waals surface area contributed by atoms with Crippen molar-refractivity contribution in [1.29, 1.82) is 0 Å². The van der Waals surface area contributed by atoms with Crippen LogP contribution in [-0.2, 0) is 11.8 Å². The highest BCUT2D eigenvalue weighted by molar-refractivity contribution is 5.94. The van der Waals surface area contributed by atoms with Gasteiger partial charge in [-0.2, -0.15) is 0 Å². The van der Waals surface area contributed by atoms with Crippen molar-refractivity contribution >= 4 is 11.8 Å². The number of hydrogen-bond donors (Lipinski definition) is 2. The second-order valence-electron chi connectivity index (χ2n) is 5.49. The van der Waals surface area contributed by atoms with E-state index in [-0.39, 0.29) is 18.6 Å². The minimum atomic E-state index is -0.567. The molecule has 7 heteroatoms. The SMILES string of the molecule is CCC[C@@H](NC(=O)c1cccc(OCC(N)=O)c1)c1nccn1C. The highest BCUT2D eigenvalue weighted by Crippen LogP contribution is 2.18. The lowest BCUT2D eigenvalue weighted by Gasteiger charge is -2.18. The molecule has 2 amide bonds. The van der Waals surface area contributed by atoms with Crippen LogP contribution in [0.5, 0.6) is 5.75 Å². The van der Waals surface area contributed by atoms with E-state index in [0.717, 1.165) is 18.7 Å². The molecule has 0 saturated heterocycles. The van der Waals surface area contributed by atoms with Gasteiger partial charge in [-0.25, -0.2) is 4.98 Å². The number of amides is 2. The highest BCUT2D eigenvalue weighted by atomic mass is 16.5. The van der Waals surface area contributed by atoms with Crippen molar-refractivity contribution < 1.29 is 14.3 Å². The molecule has 0 aliphatic rings. The summed E-state index contributed by atoms with van der Waals surface area (Å²) in [6, 6.07) is 6.47. The van der Waals surface area contributed by atoms with E-state index < -0.39 is 5.91 Å². The van der Waals surface area contributed by atoms with Gasteiger partial charge in [0.2, 0.25) is 0 Å². The van der Waals surface area contributed by atoms with Gasteiger partial charge in [0.1, 0.15) is 11.6 Å². The van der Waals surface area contributed by atoms with Crippen molar-refractivity contribution in [1.82, 2.24) is 14.9 Å². The molecule has 24 heavy (non-hydrogen) atoms. The summed E-state index contributed by atoms with van der Waals surface area (Å²) >= 11 is 0. The van der Waals surface area contributed by atoms with E-state index in [9.17, 15) is 9.59 Å². The van der Waals surface area contributed by atoms with E-state index in [1.165, 1.54) is 0 Å². The number of rotatable bonds is 8. The van der Waals surface area contributed by atoms with Crippen molar-refractivity contribution in [3.05, 3.63) is 48.0 Å². The van der Waals surface area contributed by atoms with Crippen LogP contribution in [0.15, 0.2) is 36.7 Å². The van der Waals surface area contributed by atoms with Crippen LogP contribution in [0.3, 0.4) is 0 Å². The molecule has 2 rings (SSSR count). The normalized spacial score (nSPS) is 11.8. The first kappa shape index (κ1) is 17.5. The number of nitrogens with zero attached hydrogens (tertiary/aromatic N) is 2. The number of imidazole rings is 1. The zero-order chi connectivity index (χ0) is 17.5. The van der Waals surface area contributed by atoms with Crippen molar-refractivity contribution in [3.63, 3.8) is 0 Å². The minimum absolute atomic E-state index is 0.169. The number of aromatic nitrogens is 2. The first-order valence-corrected chi connectivity index (χ1v) is 7.80. The van der Waals surface area contributed by atoms with Crippen LogP contribution in [0.25, 0.3) is 0 Å². The number of nitrogens with one attached hydrogen (secondary N) is 1. The summed E-state index contributed by atoms with van der Waals surface area (Å²) in [5.74, 6) is 0.445. The van der Waals surface area contributed by atoms with Gasteiger partial charge in [0.25, 0.3) is 11.8 Å². The molecule has 0 fully saturated rings. The monoisotopic (exact) mass is 330 g/mol. The molecule has 0 radical (unpaired) electrons. The molecule has 1 aromatic heterocycles. The molecule has 0 aliphatic heterocycles. The molecule has 0 aliphatic carbocycles. The quantitative estimate of drug-likeness (QED) is 0.767. The van der Waals surface area contributed by atoms with Crippen LogP contribution in [0.1, 0.15) is 42.0 Å². The van der Waals surface area contributed by atoms with Gasteiger partial charge in [0.05, 0.1) is 6.04 Å². The van der Waals surface area contributed by atoms with Gasteiger partial charge in [-0.1, -0.05) is 19.4 Å². The molecule has 1 heterocycles. The van der Waals surface area contributed by atoms with Crippen LogP contribution in [0.2, 0.25) is 0 Å². The van der Waals surface area contributed by atoms with Gasteiger partial charge in [0, 0.05) is 25.0 Å². The maximum atomic E-state index is 12.5. The molecule has 0 unspecified atom stereocenters. The Kier molecular flexibility index (Phi) is 5.95. The van der Waals surface area contributed by atoms with Crippen LogP contribution >= 0.6 is 0 Å². The van der Waals surface area contributed by atoms with Gasteiger partial charge >= 0.3 is 0 Å². The number of nitrogens with two attached hydrogens (primary N) is 1. The third-order valence-electron chi connectivity index (χ3n) is 3.53. The van der Waals surface area contributed by atoms with Crippen LogP contribution < -0.4 is 15.8 Å². The number of primary amides is 1. The van der Waals surface area contributed by atoms with Crippen LogP contribution in [-0.4, -0.2) is 28.0 Å². The second-order valence-corrected chi connectivity index (χ2v) is 5.49. The summed E-state index contributed by atoms with van der Waals surface area (Å²) in [6.07, 6.45) is 5.26. The average Bonchev–Trinajstić information content (AvgIpc) is 2.98. The molecule has 3 N–H and O–H groups in total. The van der Waals surface area contributed by atoms with E-state index in [1.807, 2.05) is 17.8 Å². The summed E-state index contributed by atoms with van der Waals surface area (Å²) in [6.45, 7) is 1.83. The summed E-state index contributed by atoms with van der Waals surface area (Å²) in [5.41, 5.74) is 5.50. The van der Waals surface area contributed by atoms with E-state index in [1.54, 1.807) is 30.5 Å². The topological polar surface area (TPSA) is 99.2 Å². The molecule has 0 spiro atoms. The molecule has 128 valence electrons. The first-order chi connectivity index (χ1) is 11.5. The van der Waals surface area contributed by atoms with Crippen molar-refractivity contribution in [2.24, 2.45) is 12.8 Å². The molecular weight excluding hydrogens is 308 g/mol. The maximum Gasteiger partial charge on any atom is 0.255 e. The van der Waals surface area contributed by atoms with Crippen LogP contribution in [0.4, 0.5) is 0 Å². The van der Waals surface area contributed by atoms with Crippen molar-refractivity contribution in [2.75, 3.05) is 6.61 Å². The maximum absolute atomic E-state index is 12.5. The summed E-state index contributed by atoms with van der Waals surface area (Å²) in [7, 11) is 1.90. The Morgan fingerprint density at radius 2 is 2.21 bits per heavy atom.